The normalized spacial score (nSPS) is 17.4. The number of hydrogen-bond donors (Lipinski definition) is 2. The van der Waals surface area contributed by atoms with Gasteiger partial charge in [-0.05, 0) is 48.2 Å². The van der Waals surface area contributed by atoms with Crippen molar-refractivity contribution in [3.05, 3.63) is 64.2 Å². The molecule has 0 atom stereocenters. The molecule has 7 nitrogen and oxygen atoms in total. The number of aromatic nitrogens is 1. The predicted molar refractivity (Wildman–Crippen MR) is 137 cm³/mol. The molecule has 2 heterocycles. The first kappa shape index (κ1) is 24.5. The Kier molecular flexibility index (Phi) is 7.34. The summed E-state index contributed by atoms with van der Waals surface area (Å²) < 4.78 is 20.5. The summed E-state index contributed by atoms with van der Waals surface area (Å²) in [7, 11) is 0. The van der Waals surface area contributed by atoms with Gasteiger partial charge in [0.1, 0.15) is 17.1 Å². The highest BCUT2D eigenvalue weighted by atomic mass is 19.1. The molecule has 0 radical (unpaired) electrons. The Labute approximate surface area is 209 Å². The van der Waals surface area contributed by atoms with E-state index < -0.39 is 11.5 Å². The highest BCUT2D eigenvalue weighted by molar-refractivity contribution is 6.03. The number of rotatable bonds is 6. The third kappa shape index (κ3) is 5.15. The van der Waals surface area contributed by atoms with Crippen molar-refractivity contribution in [2.75, 3.05) is 32.8 Å². The Balaban J connectivity index is 1.56. The average molecular weight is 494 g/mol. The predicted octanol–water partition coefficient (Wildman–Crippen LogP) is 3.91. The first-order valence-electron chi connectivity index (χ1n) is 12.8. The Morgan fingerprint density at radius 1 is 1.00 bits per heavy atom. The van der Waals surface area contributed by atoms with Gasteiger partial charge in [0.05, 0.1) is 18.7 Å². The Hall–Kier alpha value is -3.23. The lowest BCUT2D eigenvalue weighted by Gasteiger charge is -2.27. The van der Waals surface area contributed by atoms with E-state index >= 15 is 0 Å². The highest BCUT2D eigenvalue weighted by Crippen LogP contribution is 2.31. The quantitative estimate of drug-likeness (QED) is 0.544. The lowest BCUT2D eigenvalue weighted by atomic mass is 9.95. The minimum atomic E-state index is -0.529. The number of pyridine rings is 1. The van der Waals surface area contributed by atoms with Crippen molar-refractivity contribution in [3.8, 4) is 16.9 Å². The maximum absolute atomic E-state index is 13.6. The van der Waals surface area contributed by atoms with Crippen LogP contribution >= 0.6 is 0 Å². The number of nitrogens with zero attached hydrogens (tertiary/aromatic N) is 2. The molecule has 0 bridgehead atoms. The number of morpholine rings is 1. The van der Waals surface area contributed by atoms with Crippen molar-refractivity contribution in [2.24, 2.45) is 0 Å². The van der Waals surface area contributed by atoms with Crippen LogP contribution in [0.5, 0.6) is 5.75 Å². The molecule has 36 heavy (non-hydrogen) atoms. The van der Waals surface area contributed by atoms with E-state index in [2.05, 4.69) is 10.2 Å². The maximum Gasteiger partial charge on any atom is 0.267 e. The van der Waals surface area contributed by atoms with E-state index in [9.17, 15) is 19.1 Å². The van der Waals surface area contributed by atoms with Crippen LogP contribution in [-0.4, -0.2) is 59.4 Å². The molecule has 1 amide bonds. The van der Waals surface area contributed by atoms with Crippen LogP contribution in [0.3, 0.4) is 0 Å². The Morgan fingerprint density at radius 2 is 1.69 bits per heavy atom. The molecule has 2 fully saturated rings. The van der Waals surface area contributed by atoms with Crippen molar-refractivity contribution in [2.45, 2.75) is 44.7 Å². The fraction of sp³-hybridized carbons (Fsp3) is 0.429. The van der Waals surface area contributed by atoms with Crippen molar-refractivity contribution in [1.29, 1.82) is 0 Å². The first-order chi connectivity index (χ1) is 17.5. The van der Waals surface area contributed by atoms with E-state index in [1.807, 2.05) is 6.07 Å². The molecule has 5 rings (SSSR count). The van der Waals surface area contributed by atoms with Gasteiger partial charge in [-0.15, -0.1) is 0 Å². The summed E-state index contributed by atoms with van der Waals surface area (Å²) in [5, 5.41) is 14.6. The fourth-order valence-electron chi connectivity index (χ4n) is 5.26. The molecule has 2 aliphatic rings. The van der Waals surface area contributed by atoms with Gasteiger partial charge in [0.15, 0.2) is 0 Å². The zero-order valence-corrected chi connectivity index (χ0v) is 20.3. The van der Waals surface area contributed by atoms with Gasteiger partial charge in [0.25, 0.3) is 11.5 Å². The molecular formula is C28H32FN3O4. The van der Waals surface area contributed by atoms with Crippen LogP contribution in [0.1, 0.15) is 42.5 Å². The number of hydrogen-bond acceptors (Lipinski definition) is 5. The van der Waals surface area contributed by atoms with E-state index in [4.69, 9.17) is 4.74 Å². The molecule has 1 aromatic heterocycles. The van der Waals surface area contributed by atoms with Crippen LogP contribution in [0.4, 0.5) is 4.39 Å². The number of ether oxygens (including phenoxy) is 1. The monoisotopic (exact) mass is 493 g/mol. The number of fused-ring (bicyclic) bond motifs is 1. The largest absolute Gasteiger partial charge is 0.506 e. The summed E-state index contributed by atoms with van der Waals surface area (Å²) in [6.07, 6.45) is 4.98. The number of halogens is 1. The van der Waals surface area contributed by atoms with Crippen LogP contribution < -0.4 is 10.9 Å². The van der Waals surface area contributed by atoms with Gasteiger partial charge in [-0.3, -0.25) is 14.5 Å². The van der Waals surface area contributed by atoms with E-state index in [0.29, 0.717) is 37.2 Å². The molecule has 3 aromatic rings. The zero-order chi connectivity index (χ0) is 25.1. The second-order valence-corrected chi connectivity index (χ2v) is 9.68. The fourth-order valence-corrected chi connectivity index (χ4v) is 5.26. The van der Waals surface area contributed by atoms with Crippen LogP contribution in [0.2, 0.25) is 0 Å². The van der Waals surface area contributed by atoms with Crippen LogP contribution in [0.15, 0.2) is 47.3 Å². The van der Waals surface area contributed by atoms with Crippen LogP contribution in [-0.2, 0) is 11.3 Å². The average Bonchev–Trinajstić information content (AvgIpc) is 2.90. The van der Waals surface area contributed by atoms with Gasteiger partial charge in [-0.2, -0.15) is 0 Å². The molecule has 1 aliphatic carbocycles. The summed E-state index contributed by atoms with van der Waals surface area (Å²) in [6, 6.07) is 11.5. The van der Waals surface area contributed by atoms with Gasteiger partial charge in [0, 0.05) is 37.6 Å². The number of amides is 1. The second-order valence-electron chi connectivity index (χ2n) is 9.68. The lowest BCUT2D eigenvalue weighted by Crippen LogP contribution is -2.42. The summed E-state index contributed by atoms with van der Waals surface area (Å²) in [4.78, 5) is 29.1. The van der Waals surface area contributed by atoms with Crippen LogP contribution in [0.25, 0.3) is 22.0 Å². The topological polar surface area (TPSA) is 83.8 Å². The highest BCUT2D eigenvalue weighted by Gasteiger charge is 2.25. The molecular weight excluding hydrogens is 461 g/mol. The summed E-state index contributed by atoms with van der Waals surface area (Å²) >= 11 is 0. The van der Waals surface area contributed by atoms with Crippen molar-refractivity contribution < 1.29 is 19.0 Å². The second kappa shape index (κ2) is 10.8. The third-order valence-corrected chi connectivity index (χ3v) is 7.33. The molecule has 1 aliphatic heterocycles. The van der Waals surface area contributed by atoms with Crippen molar-refractivity contribution in [1.82, 2.24) is 14.8 Å². The first-order valence-corrected chi connectivity index (χ1v) is 12.8. The van der Waals surface area contributed by atoms with E-state index in [1.165, 1.54) is 12.1 Å². The van der Waals surface area contributed by atoms with Gasteiger partial charge in [-0.25, -0.2) is 4.39 Å². The number of carbonyl (C=O) groups is 1. The third-order valence-electron chi connectivity index (χ3n) is 7.33. The molecule has 2 aromatic carbocycles. The van der Waals surface area contributed by atoms with Crippen molar-refractivity contribution >= 4 is 16.8 Å². The summed E-state index contributed by atoms with van der Waals surface area (Å²) in [5.74, 6) is -1.17. The number of aromatic hydroxyl groups is 1. The SMILES string of the molecule is O=C(NC1CCCCC1)c1c(O)c2cc(-c3ccc(F)cc3)ccc2n(CCN2CCOCC2)c1=O. The minimum Gasteiger partial charge on any atom is -0.506 e. The number of nitrogens with one attached hydrogen (secondary N) is 1. The minimum absolute atomic E-state index is 0.00750. The Bertz CT molecular complexity index is 1290. The molecule has 2 N–H and O–H groups in total. The maximum atomic E-state index is 13.6. The van der Waals surface area contributed by atoms with Gasteiger partial charge in [0.2, 0.25) is 0 Å². The Morgan fingerprint density at radius 3 is 2.42 bits per heavy atom. The van der Waals surface area contributed by atoms with Gasteiger partial charge < -0.3 is 19.7 Å². The van der Waals surface area contributed by atoms with Crippen LogP contribution in [0, 0.1) is 5.82 Å². The molecule has 0 unspecified atom stereocenters. The van der Waals surface area contributed by atoms with E-state index in [0.717, 1.165) is 56.3 Å². The van der Waals surface area contributed by atoms with Gasteiger partial charge in [-0.1, -0.05) is 37.5 Å². The molecule has 8 heteroatoms. The van der Waals surface area contributed by atoms with E-state index in [1.54, 1.807) is 28.8 Å². The van der Waals surface area contributed by atoms with Crippen molar-refractivity contribution in [3.63, 3.8) is 0 Å². The zero-order valence-electron chi connectivity index (χ0n) is 20.3. The van der Waals surface area contributed by atoms with Gasteiger partial charge >= 0.3 is 0 Å². The molecule has 1 saturated carbocycles. The summed E-state index contributed by atoms with van der Waals surface area (Å²) in [5.41, 5.74) is 1.39. The molecule has 190 valence electrons. The number of benzene rings is 2. The number of carbonyl (C=O) groups excluding carboxylic acids is 1. The lowest BCUT2D eigenvalue weighted by molar-refractivity contribution is 0.0364. The smallest absolute Gasteiger partial charge is 0.267 e. The molecule has 1 saturated heterocycles. The summed E-state index contributed by atoms with van der Waals surface area (Å²) in [6.45, 7) is 3.90. The molecule has 0 spiro atoms. The van der Waals surface area contributed by atoms with E-state index in [-0.39, 0.29) is 23.2 Å². The standard InChI is InChI=1S/C28H32FN3O4/c29-21-9-6-19(7-10-21)20-8-11-24-23(18-20)26(33)25(27(34)30-22-4-2-1-3-5-22)28(35)32(24)13-12-31-14-16-36-17-15-31/h6-11,18,22,33H,1-5,12-17H2,(H,30,34).